The van der Waals surface area contributed by atoms with Gasteiger partial charge in [-0.2, -0.15) is 9.90 Å². The molecule has 174 valence electrons. The van der Waals surface area contributed by atoms with Gasteiger partial charge in [-0.1, -0.05) is 0 Å². The molecule has 8 nitrogen and oxygen atoms in total. The number of benzene rings is 2. The minimum Gasteiger partial charge on any atom is -0.367 e. The maximum Gasteiger partial charge on any atom is 0.277 e. The van der Waals surface area contributed by atoms with E-state index in [1.165, 1.54) is 23.1 Å². The van der Waals surface area contributed by atoms with Crippen molar-refractivity contribution in [3.63, 3.8) is 0 Å². The maximum atomic E-state index is 13.6. The van der Waals surface area contributed by atoms with Gasteiger partial charge in [-0.25, -0.2) is 18.2 Å². The number of rotatable bonds is 5. The summed E-state index contributed by atoms with van der Waals surface area (Å²) in [5.41, 5.74) is 1.66. The number of carbonyl (C=O) groups is 1. The second-order valence-electron chi connectivity index (χ2n) is 8.08. The highest BCUT2D eigenvalue weighted by molar-refractivity contribution is 5.98. The number of likely N-dealkylation sites (tertiary alicyclic amines) is 1. The molecule has 2 aromatic carbocycles. The maximum absolute atomic E-state index is 13.6. The Labute approximate surface area is 192 Å². The van der Waals surface area contributed by atoms with Crippen LogP contribution in [0.25, 0.3) is 22.3 Å². The second kappa shape index (κ2) is 8.73. The van der Waals surface area contributed by atoms with Crippen LogP contribution in [-0.2, 0) is 7.05 Å². The van der Waals surface area contributed by atoms with E-state index in [1.54, 1.807) is 24.1 Å². The molecule has 4 aromatic rings. The summed E-state index contributed by atoms with van der Waals surface area (Å²) in [4.78, 5) is 24.9. The number of aromatic nitrogens is 5. The molecular formula is C23H20F3N7O. The van der Waals surface area contributed by atoms with E-state index in [4.69, 9.17) is 0 Å². The Kier molecular flexibility index (Phi) is 5.60. The number of fused-ring (bicyclic) bond motifs is 1. The Bertz CT molecular complexity index is 1370. The fraction of sp³-hybridized carbons (Fsp3) is 0.261. The first kappa shape index (κ1) is 21.8. The summed E-state index contributed by atoms with van der Waals surface area (Å²) in [5.74, 6) is -2.22. The van der Waals surface area contributed by atoms with Crippen molar-refractivity contribution in [2.45, 2.75) is 18.9 Å². The zero-order valence-corrected chi connectivity index (χ0v) is 18.2. The van der Waals surface area contributed by atoms with Gasteiger partial charge in [-0.05, 0) is 37.1 Å². The normalized spacial score (nSPS) is 15.8. The zero-order valence-electron chi connectivity index (χ0n) is 18.2. The Morgan fingerprint density at radius 2 is 1.82 bits per heavy atom. The van der Waals surface area contributed by atoms with Gasteiger partial charge in [0.1, 0.15) is 17.3 Å². The lowest BCUT2D eigenvalue weighted by Crippen LogP contribution is -2.40. The lowest BCUT2D eigenvalue weighted by atomic mass is 10.1. The number of nitrogens with zero attached hydrogens (tertiary/aromatic N) is 6. The predicted octanol–water partition coefficient (Wildman–Crippen LogP) is 3.56. The summed E-state index contributed by atoms with van der Waals surface area (Å²) < 4.78 is 40.3. The predicted molar refractivity (Wildman–Crippen MR) is 118 cm³/mol. The Morgan fingerprint density at radius 3 is 2.59 bits per heavy atom. The molecule has 1 fully saturated rings. The average Bonchev–Trinajstić information content (AvgIpc) is 3.45. The van der Waals surface area contributed by atoms with Gasteiger partial charge >= 0.3 is 0 Å². The van der Waals surface area contributed by atoms with Crippen molar-refractivity contribution >= 4 is 22.8 Å². The van der Waals surface area contributed by atoms with E-state index < -0.39 is 11.6 Å². The van der Waals surface area contributed by atoms with Crippen molar-refractivity contribution < 1.29 is 18.0 Å². The number of halogens is 3. The molecule has 1 aliphatic rings. The molecule has 0 bridgehead atoms. The molecule has 0 aliphatic carbocycles. The number of anilines is 1. The van der Waals surface area contributed by atoms with E-state index in [0.717, 1.165) is 25.0 Å². The minimum absolute atomic E-state index is 0.141. The Balaban J connectivity index is 1.34. The van der Waals surface area contributed by atoms with Crippen LogP contribution in [0.15, 0.2) is 42.6 Å². The van der Waals surface area contributed by atoms with Crippen molar-refractivity contribution in [1.82, 2.24) is 29.9 Å². The van der Waals surface area contributed by atoms with Crippen molar-refractivity contribution in [3.05, 3.63) is 65.7 Å². The van der Waals surface area contributed by atoms with Crippen LogP contribution < -0.4 is 5.32 Å². The van der Waals surface area contributed by atoms with Crippen LogP contribution in [0.5, 0.6) is 0 Å². The molecule has 5 rings (SSSR count). The zero-order chi connectivity index (χ0) is 23.8. The SMILES string of the molecule is Cn1nc(C(=O)N2CCCC2CNc2cnc3cc(F)c(F)cc3n2)c(-c2ccc(F)cc2)n1. The third-order valence-corrected chi connectivity index (χ3v) is 5.78. The number of nitrogens with one attached hydrogen (secondary N) is 1. The van der Waals surface area contributed by atoms with Crippen LogP contribution in [0.1, 0.15) is 23.3 Å². The van der Waals surface area contributed by atoms with Gasteiger partial charge in [0.25, 0.3) is 5.91 Å². The highest BCUT2D eigenvalue weighted by Gasteiger charge is 2.33. The van der Waals surface area contributed by atoms with E-state index in [-0.39, 0.29) is 34.5 Å². The molecule has 2 aromatic heterocycles. The number of hydrogen-bond acceptors (Lipinski definition) is 6. The Morgan fingerprint density at radius 1 is 1.09 bits per heavy atom. The van der Waals surface area contributed by atoms with Gasteiger partial charge in [0.05, 0.1) is 17.2 Å². The van der Waals surface area contributed by atoms with Crippen LogP contribution in [-0.4, -0.2) is 54.9 Å². The molecule has 34 heavy (non-hydrogen) atoms. The lowest BCUT2D eigenvalue weighted by molar-refractivity contribution is 0.0737. The van der Waals surface area contributed by atoms with Crippen LogP contribution in [0, 0.1) is 17.5 Å². The summed E-state index contributed by atoms with van der Waals surface area (Å²) >= 11 is 0. The minimum atomic E-state index is -0.993. The molecular weight excluding hydrogens is 447 g/mol. The van der Waals surface area contributed by atoms with E-state index >= 15 is 0 Å². The van der Waals surface area contributed by atoms with Gasteiger partial charge < -0.3 is 10.2 Å². The second-order valence-corrected chi connectivity index (χ2v) is 8.08. The van der Waals surface area contributed by atoms with Crippen molar-refractivity contribution in [2.24, 2.45) is 7.05 Å². The number of aryl methyl sites for hydroxylation is 1. The molecule has 0 spiro atoms. The van der Waals surface area contributed by atoms with E-state index in [9.17, 15) is 18.0 Å². The van der Waals surface area contributed by atoms with Crippen molar-refractivity contribution in [3.8, 4) is 11.3 Å². The fourth-order valence-corrected chi connectivity index (χ4v) is 4.12. The van der Waals surface area contributed by atoms with E-state index in [1.807, 2.05) is 0 Å². The highest BCUT2D eigenvalue weighted by Crippen LogP contribution is 2.26. The lowest BCUT2D eigenvalue weighted by Gasteiger charge is -2.24. The van der Waals surface area contributed by atoms with E-state index in [2.05, 4.69) is 25.5 Å². The van der Waals surface area contributed by atoms with Crippen LogP contribution >= 0.6 is 0 Å². The number of hydrogen-bond donors (Lipinski definition) is 1. The fourth-order valence-electron chi connectivity index (χ4n) is 4.12. The Hall–Kier alpha value is -4.02. The van der Waals surface area contributed by atoms with Crippen LogP contribution in [0.4, 0.5) is 19.0 Å². The molecule has 3 heterocycles. The third kappa shape index (κ3) is 4.16. The summed E-state index contributed by atoms with van der Waals surface area (Å²) in [6, 6.07) is 7.60. The van der Waals surface area contributed by atoms with Crippen LogP contribution in [0.3, 0.4) is 0 Å². The molecule has 1 saturated heterocycles. The molecule has 1 unspecified atom stereocenters. The average molecular weight is 467 g/mol. The van der Waals surface area contributed by atoms with Crippen molar-refractivity contribution in [2.75, 3.05) is 18.4 Å². The summed E-state index contributed by atoms with van der Waals surface area (Å²) in [7, 11) is 1.62. The smallest absolute Gasteiger partial charge is 0.277 e. The monoisotopic (exact) mass is 467 g/mol. The first-order chi connectivity index (χ1) is 16.4. The van der Waals surface area contributed by atoms with Gasteiger partial charge in [0, 0.05) is 43.9 Å². The summed E-state index contributed by atoms with van der Waals surface area (Å²) in [6.07, 6.45) is 3.03. The van der Waals surface area contributed by atoms with E-state index in [0.29, 0.717) is 30.2 Å². The molecule has 0 radical (unpaired) electrons. The van der Waals surface area contributed by atoms with Gasteiger partial charge in [0.2, 0.25) is 0 Å². The molecule has 1 atom stereocenters. The van der Waals surface area contributed by atoms with Crippen LogP contribution in [0.2, 0.25) is 0 Å². The molecule has 11 heteroatoms. The topological polar surface area (TPSA) is 88.8 Å². The number of amides is 1. The largest absolute Gasteiger partial charge is 0.367 e. The molecule has 1 aliphatic heterocycles. The van der Waals surface area contributed by atoms with Gasteiger partial charge in [-0.15, -0.1) is 5.10 Å². The first-order valence-electron chi connectivity index (χ1n) is 10.7. The van der Waals surface area contributed by atoms with Gasteiger partial charge in [0.15, 0.2) is 17.3 Å². The molecule has 1 N–H and O–H groups in total. The van der Waals surface area contributed by atoms with Gasteiger partial charge in [-0.3, -0.25) is 9.78 Å². The van der Waals surface area contributed by atoms with Crippen molar-refractivity contribution in [1.29, 1.82) is 0 Å². The molecule has 1 amide bonds. The molecule has 0 saturated carbocycles. The summed E-state index contributed by atoms with van der Waals surface area (Å²) in [5, 5.41) is 11.7. The quantitative estimate of drug-likeness (QED) is 0.483. The third-order valence-electron chi connectivity index (χ3n) is 5.78. The summed E-state index contributed by atoms with van der Waals surface area (Å²) in [6.45, 7) is 0.945. The first-order valence-corrected chi connectivity index (χ1v) is 10.7. The number of carbonyl (C=O) groups excluding carboxylic acids is 1. The standard InChI is InChI=1S/C23H20F3N7O/c1-32-30-21(13-4-6-14(24)7-5-13)22(31-32)23(34)33-8-2-3-15(33)11-28-20-12-27-18-9-16(25)17(26)10-19(18)29-20/h4-7,9-10,12,15H,2-3,8,11H2,1H3,(H,28,29). The highest BCUT2D eigenvalue weighted by atomic mass is 19.2.